The quantitative estimate of drug-likeness (QED) is 0.320. The van der Waals surface area contributed by atoms with Crippen LogP contribution >= 0.6 is 24.0 Å². The molecule has 154 valence electrons. The largest absolute Gasteiger partial charge is 0.497 e. The topological polar surface area (TPSA) is 87.3 Å². The molecule has 2 aromatic rings. The summed E-state index contributed by atoms with van der Waals surface area (Å²) in [4.78, 5) is 4.16. The number of nitrogens with two attached hydrogens (primary N) is 1. The molecule has 0 amide bonds. The van der Waals surface area contributed by atoms with Crippen LogP contribution in [0.25, 0.3) is 0 Å². The van der Waals surface area contributed by atoms with E-state index in [1.165, 1.54) is 33.5 Å². The van der Waals surface area contributed by atoms with Crippen LogP contribution in [0.2, 0.25) is 0 Å². The minimum atomic E-state index is -2.94. The maximum absolute atomic E-state index is 12.6. The van der Waals surface area contributed by atoms with Gasteiger partial charge in [-0.15, -0.1) is 24.0 Å². The number of ether oxygens (including phenoxy) is 4. The molecule has 7 nitrogen and oxygen atoms in total. The molecule has 0 atom stereocenters. The molecule has 3 N–H and O–H groups in total. The van der Waals surface area contributed by atoms with Crippen molar-refractivity contribution < 1.29 is 27.7 Å². The number of alkyl halides is 2. The van der Waals surface area contributed by atoms with E-state index in [-0.39, 0.29) is 42.2 Å². The number of benzene rings is 2. The summed E-state index contributed by atoms with van der Waals surface area (Å²) >= 11 is 0. The highest BCUT2D eigenvalue weighted by Crippen LogP contribution is 2.30. The Kier molecular flexibility index (Phi) is 9.56. The number of hydrogen-bond acceptors (Lipinski definition) is 5. The van der Waals surface area contributed by atoms with E-state index in [1.807, 2.05) is 0 Å². The van der Waals surface area contributed by atoms with Crippen molar-refractivity contribution in [2.75, 3.05) is 26.6 Å². The van der Waals surface area contributed by atoms with Gasteiger partial charge in [0.05, 0.1) is 27.9 Å². The van der Waals surface area contributed by atoms with Gasteiger partial charge in [0.15, 0.2) is 17.5 Å². The molecule has 2 rings (SSSR count). The van der Waals surface area contributed by atoms with Crippen LogP contribution < -0.4 is 30.0 Å². The normalized spacial score (nSPS) is 10.9. The van der Waals surface area contributed by atoms with E-state index in [9.17, 15) is 8.78 Å². The van der Waals surface area contributed by atoms with Gasteiger partial charge in [0.25, 0.3) is 0 Å². The molecule has 0 aliphatic carbocycles. The lowest BCUT2D eigenvalue weighted by Crippen LogP contribution is -2.22. The van der Waals surface area contributed by atoms with E-state index >= 15 is 0 Å². The number of nitrogens with zero attached hydrogens (tertiary/aromatic N) is 1. The molecule has 0 radical (unpaired) electrons. The summed E-state index contributed by atoms with van der Waals surface area (Å²) < 4.78 is 45.1. The molecule has 0 heterocycles. The maximum atomic E-state index is 12.6. The van der Waals surface area contributed by atoms with E-state index < -0.39 is 6.61 Å². The van der Waals surface area contributed by atoms with Crippen LogP contribution in [0.3, 0.4) is 0 Å². The van der Waals surface area contributed by atoms with Crippen molar-refractivity contribution in [1.82, 2.24) is 0 Å². The molecule has 0 bridgehead atoms. The van der Waals surface area contributed by atoms with Gasteiger partial charge in [-0.05, 0) is 30.3 Å². The highest BCUT2D eigenvalue weighted by molar-refractivity contribution is 14.0. The second-order valence-corrected chi connectivity index (χ2v) is 5.25. The fourth-order valence-electron chi connectivity index (χ4n) is 2.29. The Morgan fingerprint density at radius 1 is 1.00 bits per heavy atom. The van der Waals surface area contributed by atoms with Crippen LogP contribution in [0.4, 0.5) is 14.5 Å². The van der Waals surface area contributed by atoms with Gasteiger partial charge in [-0.2, -0.15) is 8.78 Å². The monoisotopic (exact) mass is 509 g/mol. The second kappa shape index (κ2) is 11.4. The Morgan fingerprint density at radius 2 is 1.68 bits per heavy atom. The fraction of sp³-hybridized carbons (Fsp3) is 0.278. The van der Waals surface area contributed by atoms with Gasteiger partial charge >= 0.3 is 6.61 Å². The summed E-state index contributed by atoms with van der Waals surface area (Å²) in [6.45, 7) is -2.92. The van der Waals surface area contributed by atoms with E-state index in [4.69, 9.17) is 19.9 Å². The van der Waals surface area contributed by atoms with E-state index in [0.717, 1.165) is 0 Å². The number of aliphatic imine (C=N–C) groups is 1. The lowest BCUT2D eigenvalue weighted by Gasteiger charge is -2.12. The first-order chi connectivity index (χ1) is 13.0. The number of halogens is 3. The minimum absolute atomic E-state index is 0. The third-order valence-corrected chi connectivity index (χ3v) is 3.56. The van der Waals surface area contributed by atoms with Crippen LogP contribution in [-0.4, -0.2) is 33.9 Å². The molecule has 0 aliphatic rings. The van der Waals surface area contributed by atoms with Gasteiger partial charge in [-0.25, -0.2) is 4.99 Å². The first-order valence-corrected chi connectivity index (χ1v) is 7.87. The molecule has 0 fully saturated rings. The van der Waals surface area contributed by atoms with E-state index in [2.05, 4.69) is 15.0 Å². The molecule has 0 unspecified atom stereocenters. The maximum Gasteiger partial charge on any atom is 0.387 e. The Balaban J connectivity index is 0.00000392. The average Bonchev–Trinajstić information content (AvgIpc) is 2.66. The molecule has 0 aromatic heterocycles. The molecule has 0 aliphatic heterocycles. The van der Waals surface area contributed by atoms with Gasteiger partial charge in [0, 0.05) is 17.3 Å². The SMILES string of the molecule is COc1ccc(OC(F)F)c(CN=C(N)Nc2ccc(OC)c(OC)c2)c1.I. The smallest absolute Gasteiger partial charge is 0.387 e. The zero-order valence-corrected chi connectivity index (χ0v) is 17.9. The van der Waals surface area contributed by atoms with Crippen molar-refractivity contribution in [2.45, 2.75) is 13.2 Å². The van der Waals surface area contributed by atoms with Gasteiger partial charge < -0.3 is 30.0 Å². The number of rotatable bonds is 8. The lowest BCUT2D eigenvalue weighted by molar-refractivity contribution is -0.0504. The molecule has 0 spiro atoms. The van der Waals surface area contributed by atoms with Crippen molar-refractivity contribution in [2.24, 2.45) is 10.7 Å². The summed E-state index contributed by atoms with van der Waals surface area (Å²) in [5.41, 5.74) is 6.92. The van der Waals surface area contributed by atoms with E-state index in [1.54, 1.807) is 24.3 Å². The molecular weight excluding hydrogens is 487 g/mol. The van der Waals surface area contributed by atoms with Crippen molar-refractivity contribution in [3.63, 3.8) is 0 Å². The van der Waals surface area contributed by atoms with Gasteiger partial charge in [-0.3, -0.25) is 0 Å². The molecular formula is C18H22F2IN3O4. The third-order valence-electron chi connectivity index (χ3n) is 3.56. The highest BCUT2D eigenvalue weighted by Gasteiger charge is 2.11. The van der Waals surface area contributed by atoms with Crippen LogP contribution in [0.1, 0.15) is 5.56 Å². The van der Waals surface area contributed by atoms with Crippen molar-refractivity contribution >= 4 is 35.6 Å². The predicted molar refractivity (Wildman–Crippen MR) is 114 cm³/mol. The first kappa shape index (κ1) is 23.5. The van der Waals surface area contributed by atoms with Crippen LogP contribution in [0.15, 0.2) is 41.4 Å². The highest BCUT2D eigenvalue weighted by atomic mass is 127. The standard InChI is InChI=1S/C18H21F2N3O4.HI/c1-24-13-5-7-14(27-17(19)20)11(8-13)10-22-18(21)23-12-4-6-15(25-2)16(9-12)26-3;/h4-9,17H,10H2,1-3H3,(H3,21,22,23);1H. The van der Waals surface area contributed by atoms with Crippen molar-refractivity contribution in [3.05, 3.63) is 42.0 Å². The molecule has 2 aromatic carbocycles. The van der Waals surface area contributed by atoms with Crippen molar-refractivity contribution in [3.8, 4) is 23.0 Å². The minimum Gasteiger partial charge on any atom is -0.497 e. The summed E-state index contributed by atoms with van der Waals surface area (Å²) in [6.07, 6.45) is 0. The van der Waals surface area contributed by atoms with Crippen molar-refractivity contribution in [1.29, 1.82) is 0 Å². The molecule has 28 heavy (non-hydrogen) atoms. The number of anilines is 1. The van der Waals surface area contributed by atoms with Crippen LogP contribution in [0.5, 0.6) is 23.0 Å². The Hall–Kier alpha value is -2.50. The Morgan fingerprint density at radius 3 is 2.29 bits per heavy atom. The van der Waals surface area contributed by atoms with Gasteiger partial charge in [0.1, 0.15) is 11.5 Å². The third kappa shape index (κ3) is 6.59. The zero-order chi connectivity index (χ0) is 19.8. The number of hydrogen-bond donors (Lipinski definition) is 2. The lowest BCUT2D eigenvalue weighted by atomic mass is 10.2. The number of nitrogens with one attached hydrogen (secondary N) is 1. The van der Waals surface area contributed by atoms with Gasteiger partial charge in [-0.1, -0.05) is 0 Å². The number of guanidine groups is 1. The number of methoxy groups -OCH3 is 3. The fourth-order valence-corrected chi connectivity index (χ4v) is 2.29. The second-order valence-electron chi connectivity index (χ2n) is 5.25. The summed E-state index contributed by atoms with van der Waals surface area (Å²) in [5, 5.41) is 2.90. The summed E-state index contributed by atoms with van der Waals surface area (Å²) in [5.74, 6) is 1.69. The van der Waals surface area contributed by atoms with Gasteiger partial charge in [0.2, 0.25) is 0 Å². The Labute approximate surface area is 178 Å². The van der Waals surface area contributed by atoms with Crippen LogP contribution in [-0.2, 0) is 6.54 Å². The molecule has 0 saturated carbocycles. The Bertz CT molecular complexity index is 806. The predicted octanol–water partition coefficient (Wildman–Crippen LogP) is 3.86. The first-order valence-electron chi connectivity index (χ1n) is 7.87. The summed E-state index contributed by atoms with van der Waals surface area (Å²) in [6, 6.07) is 9.62. The van der Waals surface area contributed by atoms with Crippen LogP contribution in [0, 0.1) is 0 Å². The molecule has 10 heteroatoms. The average molecular weight is 509 g/mol. The summed E-state index contributed by atoms with van der Waals surface area (Å²) in [7, 11) is 4.53. The molecule has 0 saturated heterocycles. The van der Waals surface area contributed by atoms with E-state index in [0.29, 0.717) is 28.5 Å². The zero-order valence-electron chi connectivity index (χ0n) is 15.6.